The lowest BCUT2D eigenvalue weighted by Crippen LogP contribution is -2.38. The molecule has 0 radical (unpaired) electrons. The monoisotopic (exact) mass is 234 g/mol. The first-order valence-electron chi connectivity index (χ1n) is 3.66. The second-order valence-corrected chi connectivity index (χ2v) is 5.56. The van der Waals surface area contributed by atoms with Crippen LogP contribution in [0.2, 0.25) is 0 Å². The van der Waals surface area contributed by atoms with Crippen LogP contribution >= 0.6 is 11.1 Å². The third-order valence-corrected chi connectivity index (χ3v) is 4.27. The Morgan fingerprint density at radius 2 is 1.54 bits per heavy atom. The van der Waals surface area contributed by atoms with Gasteiger partial charge in [-0.1, -0.05) is 11.1 Å². The molecule has 0 saturated carbocycles. The fraction of sp³-hybridized carbons (Fsp3) is 0.667. The molecule has 0 rings (SSSR count). The fourth-order valence-electron chi connectivity index (χ4n) is 0.653. The van der Waals surface area contributed by atoms with Crippen molar-refractivity contribution in [3.05, 3.63) is 11.5 Å². The van der Waals surface area contributed by atoms with E-state index in [0.717, 1.165) is 0 Å². The summed E-state index contributed by atoms with van der Waals surface area (Å²) in [5, 5.41) is 0. The summed E-state index contributed by atoms with van der Waals surface area (Å²) in [6.45, 7) is 3.09. The van der Waals surface area contributed by atoms with Gasteiger partial charge in [-0.2, -0.15) is 8.78 Å². The van der Waals surface area contributed by atoms with E-state index in [4.69, 9.17) is 11.1 Å². The summed E-state index contributed by atoms with van der Waals surface area (Å²) >= 11 is 5.47. The summed E-state index contributed by atoms with van der Waals surface area (Å²) in [5.74, 6) is 0. The second-order valence-electron chi connectivity index (χ2n) is 1.98. The van der Waals surface area contributed by atoms with Gasteiger partial charge >= 0.3 is 14.0 Å². The Morgan fingerprint density at radius 1 is 1.15 bits per heavy atom. The zero-order valence-electron chi connectivity index (χ0n) is 7.24. The van der Waals surface area contributed by atoms with Gasteiger partial charge in [-0.15, -0.1) is 0 Å². The van der Waals surface area contributed by atoms with Gasteiger partial charge in [-0.3, -0.25) is 0 Å². The van der Waals surface area contributed by atoms with E-state index in [1.54, 1.807) is 0 Å². The standard InChI is InChI=1S/C6H10ClF3O2Si/c1-3-11-13(7,12-4-2)6(10)5(8)9/h3-4H2,1-2H3. The number of hydrogen-bond acceptors (Lipinski definition) is 2. The molecule has 0 aliphatic heterocycles. The Morgan fingerprint density at radius 3 is 1.77 bits per heavy atom. The van der Waals surface area contributed by atoms with Crippen molar-refractivity contribution in [3.8, 4) is 0 Å². The minimum Gasteiger partial charge on any atom is -0.379 e. The molecule has 0 heterocycles. The molecule has 0 aliphatic rings. The second kappa shape index (κ2) is 5.64. The zero-order chi connectivity index (χ0) is 10.5. The average molecular weight is 235 g/mol. The molecule has 2 nitrogen and oxygen atoms in total. The van der Waals surface area contributed by atoms with Gasteiger partial charge < -0.3 is 8.85 Å². The van der Waals surface area contributed by atoms with Gasteiger partial charge in [0, 0.05) is 13.2 Å². The summed E-state index contributed by atoms with van der Waals surface area (Å²) in [5.41, 5.74) is -1.77. The van der Waals surface area contributed by atoms with Gasteiger partial charge in [0.05, 0.1) is 0 Å². The van der Waals surface area contributed by atoms with Crippen LogP contribution in [-0.4, -0.2) is 21.1 Å². The summed E-state index contributed by atoms with van der Waals surface area (Å²) in [4.78, 5) is 0. The van der Waals surface area contributed by atoms with Crippen molar-refractivity contribution in [2.75, 3.05) is 13.2 Å². The van der Waals surface area contributed by atoms with E-state index in [1.807, 2.05) is 0 Å². The Labute approximate surface area is 80.2 Å². The highest BCUT2D eigenvalue weighted by Crippen LogP contribution is 2.27. The molecule has 0 aromatic carbocycles. The number of rotatable bonds is 5. The van der Waals surface area contributed by atoms with Crippen molar-refractivity contribution >= 4 is 18.9 Å². The van der Waals surface area contributed by atoms with Crippen molar-refractivity contribution in [1.82, 2.24) is 0 Å². The summed E-state index contributed by atoms with van der Waals surface area (Å²) in [6, 6.07) is 0. The van der Waals surface area contributed by atoms with Crippen LogP contribution < -0.4 is 0 Å². The first kappa shape index (κ1) is 13.0. The quantitative estimate of drug-likeness (QED) is 0.538. The predicted molar refractivity (Wildman–Crippen MR) is 45.2 cm³/mol. The molecule has 78 valence electrons. The molecular formula is C6H10ClF3O2Si. The van der Waals surface area contributed by atoms with E-state index >= 15 is 0 Å². The lowest BCUT2D eigenvalue weighted by molar-refractivity contribution is 0.199. The van der Waals surface area contributed by atoms with Crippen molar-refractivity contribution < 1.29 is 22.0 Å². The number of hydrogen-bond donors (Lipinski definition) is 0. The van der Waals surface area contributed by atoms with Crippen LogP contribution in [0.1, 0.15) is 13.8 Å². The third-order valence-electron chi connectivity index (χ3n) is 1.09. The normalized spacial score (nSPS) is 11.5. The minimum atomic E-state index is -3.98. The molecule has 13 heavy (non-hydrogen) atoms. The van der Waals surface area contributed by atoms with Crippen LogP contribution in [0, 0.1) is 0 Å². The lowest BCUT2D eigenvalue weighted by Gasteiger charge is -2.19. The zero-order valence-corrected chi connectivity index (χ0v) is 9.00. The first-order chi connectivity index (χ1) is 5.98. The van der Waals surface area contributed by atoms with Crippen LogP contribution in [0.4, 0.5) is 13.2 Å². The van der Waals surface area contributed by atoms with Crippen LogP contribution in [-0.2, 0) is 8.85 Å². The maximum Gasteiger partial charge on any atom is 0.513 e. The topological polar surface area (TPSA) is 18.5 Å². The van der Waals surface area contributed by atoms with Crippen molar-refractivity contribution in [2.45, 2.75) is 13.8 Å². The highest BCUT2D eigenvalue weighted by Gasteiger charge is 2.45. The maximum atomic E-state index is 12.8. The van der Waals surface area contributed by atoms with Gasteiger partial charge in [0.2, 0.25) is 5.45 Å². The molecule has 0 unspecified atom stereocenters. The van der Waals surface area contributed by atoms with Crippen LogP contribution in [0.3, 0.4) is 0 Å². The summed E-state index contributed by atoms with van der Waals surface area (Å²) in [7, 11) is -3.98. The van der Waals surface area contributed by atoms with Crippen LogP contribution in [0.5, 0.6) is 0 Å². The lowest BCUT2D eigenvalue weighted by atomic mass is 10.9. The van der Waals surface area contributed by atoms with E-state index in [1.165, 1.54) is 13.8 Å². The van der Waals surface area contributed by atoms with Crippen LogP contribution in [0.25, 0.3) is 0 Å². The molecule has 0 fully saturated rings. The SMILES string of the molecule is CCO[Si](Cl)(OCC)C(F)=C(F)F. The Hall–Kier alpha value is -0.0431. The molecule has 0 N–H and O–H groups in total. The third kappa shape index (κ3) is 3.68. The highest BCUT2D eigenvalue weighted by molar-refractivity contribution is 7.16. The van der Waals surface area contributed by atoms with Gasteiger partial charge in [-0.05, 0) is 13.8 Å². The molecule has 0 aromatic heterocycles. The van der Waals surface area contributed by atoms with E-state index in [2.05, 4.69) is 8.85 Å². The molecule has 0 aromatic rings. The summed E-state index contributed by atoms with van der Waals surface area (Å²) in [6.07, 6.45) is -2.48. The molecule has 7 heteroatoms. The molecule has 0 amide bonds. The Balaban J connectivity index is 4.67. The van der Waals surface area contributed by atoms with Crippen molar-refractivity contribution in [2.24, 2.45) is 0 Å². The molecule has 0 atom stereocenters. The van der Waals surface area contributed by atoms with Gasteiger partial charge in [0.25, 0.3) is 0 Å². The maximum absolute atomic E-state index is 12.8. The predicted octanol–water partition coefficient (Wildman–Crippen LogP) is 2.85. The van der Waals surface area contributed by atoms with Crippen LogP contribution in [0.15, 0.2) is 11.5 Å². The molecular weight excluding hydrogens is 225 g/mol. The average Bonchev–Trinajstić information content (AvgIpc) is 2.03. The summed E-state index contributed by atoms with van der Waals surface area (Å²) < 4.78 is 45.8. The minimum absolute atomic E-state index is 0.0242. The first-order valence-corrected chi connectivity index (χ1v) is 6.48. The molecule has 0 spiro atoms. The van der Waals surface area contributed by atoms with E-state index in [-0.39, 0.29) is 13.2 Å². The van der Waals surface area contributed by atoms with E-state index < -0.39 is 19.4 Å². The Kier molecular flexibility index (Phi) is 5.62. The van der Waals surface area contributed by atoms with Gasteiger partial charge in [0.15, 0.2) is 0 Å². The van der Waals surface area contributed by atoms with Gasteiger partial charge in [0.1, 0.15) is 0 Å². The van der Waals surface area contributed by atoms with Gasteiger partial charge in [-0.25, -0.2) is 4.39 Å². The fourth-order valence-corrected chi connectivity index (χ4v) is 2.83. The van der Waals surface area contributed by atoms with Crippen molar-refractivity contribution in [3.63, 3.8) is 0 Å². The number of halogens is 4. The molecule has 0 saturated heterocycles. The van der Waals surface area contributed by atoms with E-state index in [0.29, 0.717) is 0 Å². The van der Waals surface area contributed by atoms with E-state index in [9.17, 15) is 13.2 Å². The largest absolute Gasteiger partial charge is 0.513 e. The highest BCUT2D eigenvalue weighted by atomic mass is 35.6. The van der Waals surface area contributed by atoms with Crippen molar-refractivity contribution in [1.29, 1.82) is 0 Å². The molecule has 0 aliphatic carbocycles. The smallest absolute Gasteiger partial charge is 0.379 e. The Bertz CT molecular complexity index is 190. The molecule has 0 bridgehead atoms.